The van der Waals surface area contributed by atoms with E-state index in [2.05, 4.69) is 53.5 Å². The quantitative estimate of drug-likeness (QED) is 0.463. The van der Waals surface area contributed by atoms with Gasteiger partial charge >= 0.3 is 0 Å². The fraction of sp³-hybridized carbons (Fsp3) is 0. The molecule has 1 aromatic heterocycles. The summed E-state index contributed by atoms with van der Waals surface area (Å²) in [6, 6.07) is 22.8. The van der Waals surface area contributed by atoms with Crippen LogP contribution in [0.4, 0.5) is 0 Å². The fourth-order valence-corrected chi connectivity index (χ4v) is 3.00. The first-order valence-electron chi connectivity index (χ1n) is 6.58. The van der Waals surface area contributed by atoms with Crippen LogP contribution in [0.1, 0.15) is 0 Å². The molecule has 1 heterocycles. The molecule has 0 radical (unpaired) electrons. The van der Waals surface area contributed by atoms with Gasteiger partial charge in [0.25, 0.3) is 0 Å². The molecule has 0 saturated heterocycles. The Morgan fingerprint density at radius 3 is 2.40 bits per heavy atom. The maximum atomic E-state index is 6.31. The van der Waals surface area contributed by atoms with Crippen LogP contribution in [0.3, 0.4) is 0 Å². The molecule has 20 heavy (non-hydrogen) atoms. The summed E-state index contributed by atoms with van der Waals surface area (Å²) in [5.74, 6) is 0. The number of nitrogens with one attached hydrogen (secondary N) is 1. The van der Waals surface area contributed by atoms with Gasteiger partial charge in [-0.05, 0) is 29.3 Å². The number of H-pyrrole nitrogens is 1. The zero-order valence-corrected chi connectivity index (χ0v) is 11.5. The molecule has 0 aliphatic heterocycles. The van der Waals surface area contributed by atoms with Gasteiger partial charge in [-0.25, -0.2) is 0 Å². The van der Waals surface area contributed by atoms with E-state index in [-0.39, 0.29) is 0 Å². The number of hydrogen-bond donors (Lipinski definition) is 1. The standard InChI is InChI=1S/C18H12ClN/c19-15-7-4-8-16-18(15)14-10-9-13(11-17(14)20-16)12-5-2-1-3-6-12/h1-11,20H. The van der Waals surface area contributed by atoms with E-state index in [0.29, 0.717) is 0 Å². The summed E-state index contributed by atoms with van der Waals surface area (Å²) in [5.41, 5.74) is 4.63. The van der Waals surface area contributed by atoms with Crippen LogP contribution < -0.4 is 0 Å². The second kappa shape index (κ2) is 4.39. The first-order valence-corrected chi connectivity index (χ1v) is 6.96. The third kappa shape index (κ3) is 1.71. The van der Waals surface area contributed by atoms with Crippen molar-refractivity contribution >= 4 is 33.4 Å². The van der Waals surface area contributed by atoms with Crippen molar-refractivity contribution in [1.29, 1.82) is 0 Å². The van der Waals surface area contributed by atoms with Crippen molar-refractivity contribution in [2.45, 2.75) is 0 Å². The van der Waals surface area contributed by atoms with E-state index >= 15 is 0 Å². The van der Waals surface area contributed by atoms with E-state index in [1.807, 2.05) is 18.2 Å². The highest BCUT2D eigenvalue weighted by Crippen LogP contribution is 2.33. The van der Waals surface area contributed by atoms with Crippen LogP contribution in [0.2, 0.25) is 5.02 Å². The number of aromatic nitrogens is 1. The van der Waals surface area contributed by atoms with Crippen molar-refractivity contribution in [3.8, 4) is 11.1 Å². The number of fused-ring (bicyclic) bond motifs is 3. The Bertz CT molecular complexity index is 907. The molecule has 0 fully saturated rings. The summed E-state index contributed by atoms with van der Waals surface area (Å²) in [5, 5.41) is 3.07. The molecule has 4 aromatic rings. The van der Waals surface area contributed by atoms with Gasteiger partial charge in [-0.15, -0.1) is 0 Å². The minimum Gasteiger partial charge on any atom is -0.354 e. The molecule has 0 amide bonds. The molecule has 0 unspecified atom stereocenters. The van der Waals surface area contributed by atoms with Crippen LogP contribution in [0.15, 0.2) is 66.7 Å². The van der Waals surface area contributed by atoms with Gasteiger partial charge in [0, 0.05) is 21.8 Å². The van der Waals surface area contributed by atoms with Crippen LogP contribution in [0, 0.1) is 0 Å². The minimum absolute atomic E-state index is 0.793. The first kappa shape index (κ1) is 11.6. The Balaban J connectivity index is 2.01. The molecule has 0 aliphatic carbocycles. The lowest BCUT2D eigenvalue weighted by Gasteiger charge is -2.01. The molecular formula is C18H12ClN. The topological polar surface area (TPSA) is 15.8 Å². The van der Waals surface area contributed by atoms with Gasteiger partial charge in [0.2, 0.25) is 0 Å². The van der Waals surface area contributed by atoms with Crippen molar-refractivity contribution in [3.05, 3.63) is 71.8 Å². The molecular weight excluding hydrogens is 266 g/mol. The summed E-state index contributed by atoms with van der Waals surface area (Å²) in [6.45, 7) is 0. The van der Waals surface area contributed by atoms with Gasteiger partial charge in [-0.1, -0.05) is 60.1 Å². The summed E-state index contributed by atoms with van der Waals surface area (Å²) in [4.78, 5) is 3.44. The van der Waals surface area contributed by atoms with E-state index < -0.39 is 0 Å². The minimum atomic E-state index is 0.793. The van der Waals surface area contributed by atoms with Crippen LogP contribution in [0.25, 0.3) is 32.9 Å². The third-order valence-electron chi connectivity index (χ3n) is 3.68. The van der Waals surface area contributed by atoms with Crippen LogP contribution >= 0.6 is 11.6 Å². The highest BCUT2D eigenvalue weighted by molar-refractivity contribution is 6.38. The van der Waals surface area contributed by atoms with Gasteiger partial charge in [0.15, 0.2) is 0 Å². The summed E-state index contributed by atoms with van der Waals surface area (Å²) in [7, 11) is 0. The summed E-state index contributed by atoms with van der Waals surface area (Å²) in [6.07, 6.45) is 0. The first-order chi connectivity index (χ1) is 9.83. The number of hydrogen-bond acceptors (Lipinski definition) is 0. The zero-order valence-electron chi connectivity index (χ0n) is 10.7. The third-order valence-corrected chi connectivity index (χ3v) is 3.99. The van der Waals surface area contributed by atoms with Crippen molar-refractivity contribution in [2.75, 3.05) is 0 Å². The highest BCUT2D eigenvalue weighted by Gasteiger charge is 2.08. The summed E-state index contributed by atoms with van der Waals surface area (Å²) < 4.78 is 0. The lowest BCUT2D eigenvalue weighted by molar-refractivity contribution is 1.54. The number of rotatable bonds is 1. The van der Waals surface area contributed by atoms with Gasteiger partial charge in [0.05, 0.1) is 5.02 Å². The van der Waals surface area contributed by atoms with Crippen molar-refractivity contribution < 1.29 is 0 Å². The monoisotopic (exact) mass is 277 g/mol. The van der Waals surface area contributed by atoms with Crippen LogP contribution in [0.5, 0.6) is 0 Å². The van der Waals surface area contributed by atoms with Crippen molar-refractivity contribution in [1.82, 2.24) is 4.98 Å². The molecule has 0 saturated carbocycles. The normalized spacial score (nSPS) is 11.2. The molecule has 3 aromatic carbocycles. The Morgan fingerprint density at radius 1 is 0.700 bits per heavy atom. The van der Waals surface area contributed by atoms with Gasteiger partial charge in [0.1, 0.15) is 0 Å². The molecule has 4 rings (SSSR count). The highest BCUT2D eigenvalue weighted by atomic mass is 35.5. The Labute approximate surface area is 121 Å². The van der Waals surface area contributed by atoms with Crippen molar-refractivity contribution in [2.24, 2.45) is 0 Å². The van der Waals surface area contributed by atoms with Crippen LogP contribution in [-0.2, 0) is 0 Å². The van der Waals surface area contributed by atoms with E-state index in [9.17, 15) is 0 Å². The SMILES string of the molecule is Clc1cccc2[nH]c3cc(-c4ccccc4)ccc3c12. The second-order valence-electron chi connectivity index (χ2n) is 4.91. The average molecular weight is 278 g/mol. The lowest BCUT2D eigenvalue weighted by atomic mass is 10.0. The Morgan fingerprint density at radius 2 is 1.55 bits per heavy atom. The largest absolute Gasteiger partial charge is 0.354 e. The number of halogens is 1. The second-order valence-corrected chi connectivity index (χ2v) is 5.32. The van der Waals surface area contributed by atoms with E-state index in [4.69, 9.17) is 11.6 Å². The molecule has 1 N–H and O–H groups in total. The maximum absolute atomic E-state index is 6.31. The Hall–Kier alpha value is -2.25. The predicted octanol–water partition coefficient (Wildman–Crippen LogP) is 5.64. The van der Waals surface area contributed by atoms with E-state index in [1.54, 1.807) is 0 Å². The van der Waals surface area contributed by atoms with Gasteiger partial charge in [-0.2, -0.15) is 0 Å². The summed E-state index contributed by atoms with van der Waals surface area (Å²) >= 11 is 6.31. The van der Waals surface area contributed by atoms with E-state index in [1.165, 1.54) is 16.5 Å². The molecule has 96 valence electrons. The molecule has 0 atom stereocenters. The molecule has 1 nitrogen and oxygen atoms in total. The van der Waals surface area contributed by atoms with Crippen LogP contribution in [-0.4, -0.2) is 4.98 Å². The molecule has 0 spiro atoms. The number of aromatic amines is 1. The molecule has 2 heteroatoms. The van der Waals surface area contributed by atoms with Gasteiger partial charge in [-0.3, -0.25) is 0 Å². The van der Waals surface area contributed by atoms with E-state index in [0.717, 1.165) is 21.4 Å². The molecule has 0 aliphatic rings. The average Bonchev–Trinajstić information content (AvgIpc) is 2.87. The Kier molecular flexibility index (Phi) is 2.54. The smallest absolute Gasteiger partial charge is 0.0506 e. The lowest BCUT2D eigenvalue weighted by Crippen LogP contribution is -1.77. The molecule has 0 bridgehead atoms. The zero-order chi connectivity index (χ0) is 13.5. The number of benzene rings is 3. The van der Waals surface area contributed by atoms with Gasteiger partial charge < -0.3 is 4.98 Å². The maximum Gasteiger partial charge on any atom is 0.0506 e. The fourth-order valence-electron chi connectivity index (χ4n) is 2.72. The van der Waals surface area contributed by atoms with Crippen molar-refractivity contribution in [3.63, 3.8) is 0 Å². The predicted molar refractivity (Wildman–Crippen MR) is 86.3 cm³/mol.